The van der Waals surface area contributed by atoms with E-state index < -0.39 is 0 Å². The van der Waals surface area contributed by atoms with Crippen LogP contribution in [0.4, 0.5) is 5.69 Å². The molecule has 16 heavy (non-hydrogen) atoms. The molecule has 2 heteroatoms. The van der Waals surface area contributed by atoms with Gasteiger partial charge in [0.1, 0.15) is 12.2 Å². The van der Waals surface area contributed by atoms with E-state index >= 15 is 0 Å². The molecule has 0 aliphatic heterocycles. The molecule has 0 spiro atoms. The topological polar surface area (TPSA) is 0 Å². The highest BCUT2D eigenvalue weighted by Crippen LogP contribution is 2.23. The first-order valence-electron chi connectivity index (χ1n) is 5.63. The largest absolute Gasteiger partial charge is 1.00 e. The van der Waals surface area contributed by atoms with Gasteiger partial charge in [-0.3, -0.25) is 4.48 Å². The van der Waals surface area contributed by atoms with E-state index in [0.717, 1.165) is 11.0 Å². The van der Waals surface area contributed by atoms with Crippen LogP contribution in [-0.2, 0) is 0 Å². The van der Waals surface area contributed by atoms with E-state index in [2.05, 4.69) is 70.3 Å². The molecular formula is C14H22BrN. The fourth-order valence-corrected chi connectivity index (χ4v) is 1.71. The first kappa shape index (κ1) is 15.4. The number of halogens is 1. The number of hydrogen-bond acceptors (Lipinski definition) is 0. The summed E-state index contributed by atoms with van der Waals surface area (Å²) in [5.41, 5.74) is 1.38. The Morgan fingerprint density at radius 1 is 1.19 bits per heavy atom. The minimum atomic E-state index is 0. The van der Waals surface area contributed by atoms with Crippen LogP contribution in [0.15, 0.2) is 42.5 Å². The molecular weight excluding hydrogens is 262 g/mol. The minimum Gasteiger partial charge on any atom is -1.00 e. The van der Waals surface area contributed by atoms with Gasteiger partial charge in [0.2, 0.25) is 0 Å². The maximum absolute atomic E-state index is 2.29. The molecule has 0 heterocycles. The Hall–Kier alpha value is -0.600. The number of allylic oxidation sites excluding steroid dienone is 1. The molecule has 0 N–H and O–H groups in total. The summed E-state index contributed by atoms with van der Waals surface area (Å²) in [4.78, 5) is 0. The minimum absolute atomic E-state index is 0. The van der Waals surface area contributed by atoms with Crippen LogP contribution in [0, 0.1) is 0 Å². The molecule has 0 aliphatic carbocycles. The third kappa shape index (κ3) is 3.46. The van der Waals surface area contributed by atoms with Gasteiger partial charge >= 0.3 is 0 Å². The van der Waals surface area contributed by atoms with Crippen molar-refractivity contribution in [2.24, 2.45) is 0 Å². The van der Waals surface area contributed by atoms with Crippen LogP contribution in [0.3, 0.4) is 0 Å². The number of likely N-dealkylation sites (N-methyl/N-ethyl adjacent to an activating group) is 1. The molecule has 0 aromatic heterocycles. The maximum atomic E-state index is 2.29. The molecule has 1 aromatic rings. The lowest BCUT2D eigenvalue weighted by atomic mass is 10.1. The lowest BCUT2D eigenvalue weighted by Gasteiger charge is -2.37. The van der Waals surface area contributed by atoms with E-state index in [4.69, 9.17) is 0 Å². The number of benzene rings is 1. The molecule has 0 fully saturated rings. The van der Waals surface area contributed by atoms with Gasteiger partial charge in [0.15, 0.2) is 0 Å². The summed E-state index contributed by atoms with van der Waals surface area (Å²) < 4.78 is 0.963. The van der Waals surface area contributed by atoms with Crippen LogP contribution in [0.2, 0.25) is 0 Å². The normalized spacial score (nSPS) is 14.8. The molecule has 1 aromatic carbocycles. The van der Waals surface area contributed by atoms with E-state index in [1.165, 1.54) is 5.69 Å². The molecule has 0 bridgehead atoms. The smallest absolute Gasteiger partial charge is 0.133 e. The molecule has 1 rings (SSSR count). The fraction of sp³-hybridized carbons (Fsp3) is 0.429. The van der Waals surface area contributed by atoms with E-state index in [-0.39, 0.29) is 17.0 Å². The SMILES string of the molecule is C/C=C/C[N@+](C)(c1ccccc1)C(C)C.[Br-]. The molecule has 0 saturated carbocycles. The predicted octanol–water partition coefficient (Wildman–Crippen LogP) is 0.612. The standard InChI is InChI=1S/C14H22N.BrH/c1-5-6-12-15(4,13(2)3)14-10-8-7-9-11-14;/h5-11,13H,12H2,1-4H3;1H/q+1;/p-1/b6-5+;/t15-;/m0./s1. The van der Waals surface area contributed by atoms with Crippen LogP contribution in [0.25, 0.3) is 0 Å². The molecule has 0 unspecified atom stereocenters. The first-order valence-corrected chi connectivity index (χ1v) is 5.63. The monoisotopic (exact) mass is 283 g/mol. The van der Waals surface area contributed by atoms with Crippen LogP contribution < -0.4 is 21.5 Å². The van der Waals surface area contributed by atoms with Gasteiger partial charge in [0.05, 0.1) is 13.1 Å². The van der Waals surface area contributed by atoms with E-state index in [9.17, 15) is 0 Å². The highest BCUT2D eigenvalue weighted by atomic mass is 79.9. The Labute approximate surface area is 110 Å². The number of rotatable bonds is 4. The molecule has 0 radical (unpaired) electrons. The van der Waals surface area contributed by atoms with Gasteiger partial charge < -0.3 is 17.0 Å². The quantitative estimate of drug-likeness (QED) is 0.561. The molecule has 1 atom stereocenters. The summed E-state index contributed by atoms with van der Waals surface area (Å²) in [6.45, 7) is 7.68. The molecule has 90 valence electrons. The highest BCUT2D eigenvalue weighted by Gasteiger charge is 2.26. The number of hydrogen-bond donors (Lipinski definition) is 0. The molecule has 0 aliphatic rings. The van der Waals surface area contributed by atoms with E-state index in [1.54, 1.807) is 0 Å². The van der Waals surface area contributed by atoms with Crippen molar-refractivity contribution in [1.82, 2.24) is 4.48 Å². The third-order valence-electron chi connectivity index (χ3n) is 3.21. The van der Waals surface area contributed by atoms with Gasteiger partial charge in [-0.2, -0.15) is 0 Å². The van der Waals surface area contributed by atoms with Crippen molar-refractivity contribution >= 4 is 5.69 Å². The number of nitrogens with zero attached hydrogens (tertiary/aromatic N) is 1. The van der Waals surface area contributed by atoms with Gasteiger partial charge in [-0.15, -0.1) is 0 Å². The zero-order chi connectivity index (χ0) is 11.3. The first-order chi connectivity index (χ1) is 7.11. The van der Waals surface area contributed by atoms with Crippen molar-refractivity contribution in [3.05, 3.63) is 42.5 Å². The average Bonchev–Trinajstić information content (AvgIpc) is 2.27. The average molecular weight is 284 g/mol. The zero-order valence-corrected chi connectivity index (χ0v) is 12.2. The Morgan fingerprint density at radius 3 is 2.19 bits per heavy atom. The van der Waals surface area contributed by atoms with Crippen LogP contribution in [-0.4, -0.2) is 19.6 Å². The van der Waals surface area contributed by atoms with Crippen LogP contribution in [0.5, 0.6) is 0 Å². The van der Waals surface area contributed by atoms with Crippen molar-refractivity contribution in [3.63, 3.8) is 0 Å². The zero-order valence-electron chi connectivity index (χ0n) is 10.7. The summed E-state index contributed by atoms with van der Waals surface area (Å²) >= 11 is 0. The molecule has 0 saturated heterocycles. The second-order valence-corrected chi connectivity index (χ2v) is 4.45. The third-order valence-corrected chi connectivity index (χ3v) is 3.21. The van der Waals surface area contributed by atoms with Crippen LogP contribution in [0.1, 0.15) is 20.8 Å². The van der Waals surface area contributed by atoms with Crippen LogP contribution >= 0.6 is 0 Å². The summed E-state index contributed by atoms with van der Waals surface area (Å²) in [6, 6.07) is 11.3. The van der Waals surface area contributed by atoms with Gasteiger partial charge in [0.25, 0.3) is 0 Å². The van der Waals surface area contributed by atoms with Gasteiger partial charge in [0, 0.05) is 0 Å². The second kappa shape index (κ2) is 6.87. The maximum Gasteiger partial charge on any atom is 0.133 e. The lowest BCUT2D eigenvalue weighted by molar-refractivity contribution is -0.00000333. The van der Waals surface area contributed by atoms with Crippen molar-refractivity contribution in [3.8, 4) is 0 Å². The summed E-state index contributed by atoms with van der Waals surface area (Å²) in [7, 11) is 2.29. The molecule has 0 amide bonds. The fourth-order valence-electron chi connectivity index (χ4n) is 1.71. The highest BCUT2D eigenvalue weighted by molar-refractivity contribution is 5.43. The van der Waals surface area contributed by atoms with Crippen molar-refractivity contribution in [1.29, 1.82) is 0 Å². The van der Waals surface area contributed by atoms with Crippen molar-refractivity contribution in [2.75, 3.05) is 13.6 Å². The Kier molecular flexibility index (Phi) is 6.61. The number of para-hydroxylation sites is 1. The van der Waals surface area contributed by atoms with Gasteiger partial charge in [-0.25, -0.2) is 0 Å². The van der Waals surface area contributed by atoms with E-state index in [0.29, 0.717) is 6.04 Å². The summed E-state index contributed by atoms with van der Waals surface area (Å²) in [6.07, 6.45) is 4.37. The molecule has 1 nitrogen and oxygen atoms in total. The summed E-state index contributed by atoms with van der Waals surface area (Å²) in [5.74, 6) is 0. The Bertz CT molecular complexity index is 319. The predicted molar refractivity (Wildman–Crippen MR) is 69.0 cm³/mol. The second-order valence-electron chi connectivity index (χ2n) is 4.45. The van der Waals surface area contributed by atoms with Gasteiger partial charge in [-0.05, 0) is 39.0 Å². The van der Waals surface area contributed by atoms with Crippen molar-refractivity contribution < 1.29 is 17.0 Å². The van der Waals surface area contributed by atoms with E-state index in [1.807, 2.05) is 0 Å². The van der Waals surface area contributed by atoms with Crippen molar-refractivity contribution in [2.45, 2.75) is 26.8 Å². The lowest BCUT2D eigenvalue weighted by Crippen LogP contribution is -3.00. The Morgan fingerprint density at radius 2 is 1.75 bits per heavy atom. The summed E-state index contributed by atoms with van der Waals surface area (Å²) in [5, 5.41) is 0. The number of quaternary nitrogens is 1. The Balaban J connectivity index is 0.00000225. The van der Waals surface area contributed by atoms with Gasteiger partial charge in [-0.1, -0.05) is 24.3 Å².